The van der Waals surface area contributed by atoms with Crippen LogP contribution >= 0.6 is 15.9 Å². The molecule has 0 aliphatic heterocycles. The molecule has 0 saturated carbocycles. The molecule has 0 spiro atoms. The van der Waals surface area contributed by atoms with Crippen molar-refractivity contribution in [1.29, 1.82) is 0 Å². The lowest BCUT2D eigenvalue weighted by molar-refractivity contribution is 0.339. The van der Waals surface area contributed by atoms with Gasteiger partial charge in [0.05, 0.1) is 0 Å². The molecule has 0 bridgehead atoms. The van der Waals surface area contributed by atoms with Crippen molar-refractivity contribution in [3.05, 3.63) is 64.1 Å². The molecule has 2 aromatic rings. The number of nitrogens with zero attached hydrogens (tertiary/aromatic N) is 1. The Morgan fingerprint density at radius 1 is 1.05 bits per heavy atom. The molecule has 20 heavy (non-hydrogen) atoms. The van der Waals surface area contributed by atoms with E-state index >= 15 is 0 Å². The summed E-state index contributed by atoms with van der Waals surface area (Å²) in [4.78, 5) is 2.32. The molecule has 2 aromatic carbocycles. The van der Waals surface area contributed by atoms with Gasteiger partial charge in [0.1, 0.15) is 0 Å². The Kier molecular flexibility index (Phi) is 5.62. The second-order valence-corrected chi connectivity index (χ2v) is 5.98. The van der Waals surface area contributed by atoms with Crippen molar-refractivity contribution in [2.45, 2.75) is 13.5 Å². The van der Waals surface area contributed by atoms with Gasteiger partial charge in [0.25, 0.3) is 0 Å². The molecular formula is C17H21BrN2. The van der Waals surface area contributed by atoms with Crippen LogP contribution in [-0.4, -0.2) is 25.0 Å². The van der Waals surface area contributed by atoms with Gasteiger partial charge in [-0.2, -0.15) is 0 Å². The van der Waals surface area contributed by atoms with Crippen LogP contribution in [0.5, 0.6) is 0 Å². The fourth-order valence-corrected chi connectivity index (χ4v) is 2.47. The molecule has 0 aliphatic carbocycles. The van der Waals surface area contributed by atoms with Gasteiger partial charge >= 0.3 is 0 Å². The number of halogens is 1. The quantitative estimate of drug-likeness (QED) is 0.848. The van der Waals surface area contributed by atoms with E-state index in [1.807, 2.05) is 6.07 Å². The minimum Gasteiger partial charge on any atom is -0.384 e. The Morgan fingerprint density at radius 2 is 1.75 bits per heavy atom. The van der Waals surface area contributed by atoms with Gasteiger partial charge in [-0.15, -0.1) is 0 Å². The van der Waals surface area contributed by atoms with Gasteiger partial charge in [-0.25, -0.2) is 0 Å². The topological polar surface area (TPSA) is 15.3 Å². The number of nitrogens with one attached hydrogen (secondary N) is 1. The van der Waals surface area contributed by atoms with Gasteiger partial charge in [0, 0.05) is 29.8 Å². The van der Waals surface area contributed by atoms with Crippen LogP contribution in [0.3, 0.4) is 0 Å². The van der Waals surface area contributed by atoms with Crippen molar-refractivity contribution in [2.75, 3.05) is 25.5 Å². The molecule has 0 aliphatic rings. The van der Waals surface area contributed by atoms with E-state index < -0.39 is 0 Å². The predicted octanol–water partition coefficient (Wildman–Crippen LogP) is 4.30. The van der Waals surface area contributed by atoms with E-state index in [1.54, 1.807) is 0 Å². The average molecular weight is 333 g/mol. The second kappa shape index (κ2) is 7.46. The number of anilines is 1. The monoisotopic (exact) mass is 332 g/mol. The highest BCUT2D eigenvalue weighted by molar-refractivity contribution is 9.10. The highest BCUT2D eigenvalue weighted by Gasteiger charge is 2.03. The van der Waals surface area contributed by atoms with Crippen molar-refractivity contribution in [1.82, 2.24) is 4.90 Å². The third-order valence-corrected chi connectivity index (χ3v) is 4.05. The van der Waals surface area contributed by atoms with Crippen molar-refractivity contribution in [2.24, 2.45) is 0 Å². The Morgan fingerprint density at radius 3 is 2.45 bits per heavy atom. The normalized spacial score (nSPS) is 10.8. The number of benzene rings is 2. The van der Waals surface area contributed by atoms with Crippen molar-refractivity contribution >= 4 is 21.6 Å². The Bertz CT molecular complexity index is 537. The van der Waals surface area contributed by atoms with Gasteiger partial charge in [-0.3, -0.25) is 0 Å². The fraction of sp³-hybridized carbons (Fsp3) is 0.294. The lowest BCUT2D eigenvalue weighted by atomic mass is 10.2. The Hall–Kier alpha value is -1.32. The first kappa shape index (κ1) is 15.1. The maximum atomic E-state index is 3.59. The SMILES string of the molecule is Cc1ccc(NCCN(C)Cc2ccccc2Br)cc1. The van der Waals surface area contributed by atoms with Gasteiger partial charge in [0.2, 0.25) is 0 Å². The van der Waals surface area contributed by atoms with E-state index in [2.05, 4.69) is 82.6 Å². The van der Waals surface area contributed by atoms with Crippen LogP contribution in [0, 0.1) is 6.92 Å². The predicted molar refractivity (Wildman–Crippen MR) is 90.1 cm³/mol. The molecule has 3 heteroatoms. The number of hydrogen-bond acceptors (Lipinski definition) is 2. The zero-order valence-corrected chi connectivity index (χ0v) is 13.7. The number of hydrogen-bond donors (Lipinski definition) is 1. The summed E-state index contributed by atoms with van der Waals surface area (Å²) in [5.41, 5.74) is 3.80. The van der Waals surface area contributed by atoms with Crippen LogP contribution in [0.2, 0.25) is 0 Å². The van der Waals surface area contributed by atoms with Crippen molar-refractivity contribution in [3.63, 3.8) is 0 Å². The van der Waals surface area contributed by atoms with Crippen LogP contribution in [0.1, 0.15) is 11.1 Å². The molecule has 0 heterocycles. The van der Waals surface area contributed by atoms with Crippen LogP contribution in [0.25, 0.3) is 0 Å². The van der Waals surface area contributed by atoms with E-state index in [4.69, 9.17) is 0 Å². The van der Waals surface area contributed by atoms with E-state index in [1.165, 1.54) is 21.3 Å². The van der Waals surface area contributed by atoms with E-state index in [0.717, 1.165) is 19.6 Å². The summed E-state index contributed by atoms with van der Waals surface area (Å²) in [6.07, 6.45) is 0. The molecule has 0 unspecified atom stereocenters. The number of rotatable bonds is 6. The molecule has 0 amide bonds. The third-order valence-electron chi connectivity index (χ3n) is 3.27. The van der Waals surface area contributed by atoms with Crippen LogP contribution in [0.15, 0.2) is 53.0 Å². The second-order valence-electron chi connectivity index (χ2n) is 5.12. The third kappa shape index (κ3) is 4.66. The standard InChI is InChI=1S/C17H21BrN2/c1-14-7-9-16(10-8-14)19-11-12-20(2)13-15-5-3-4-6-17(15)18/h3-10,19H,11-13H2,1-2H3. The minimum atomic E-state index is 0.948. The molecule has 0 radical (unpaired) electrons. The minimum absolute atomic E-state index is 0.948. The smallest absolute Gasteiger partial charge is 0.0340 e. The molecular weight excluding hydrogens is 312 g/mol. The van der Waals surface area contributed by atoms with Gasteiger partial charge in [0.15, 0.2) is 0 Å². The summed E-state index contributed by atoms with van der Waals surface area (Å²) in [5.74, 6) is 0. The zero-order valence-electron chi connectivity index (χ0n) is 12.1. The first-order chi connectivity index (χ1) is 9.65. The maximum absolute atomic E-state index is 3.59. The highest BCUT2D eigenvalue weighted by Crippen LogP contribution is 2.17. The van der Waals surface area contributed by atoms with Gasteiger partial charge in [-0.05, 0) is 37.7 Å². The van der Waals surface area contributed by atoms with Crippen LogP contribution in [-0.2, 0) is 6.54 Å². The average Bonchev–Trinajstić information content (AvgIpc) is 2.44. The van der Waals surface area contributed by atoms with Crippen LogP contribution in [0.4, 0.5) is 5.69 Å². The number of aryl methyl sites for hydroxylation is 1. The summed E-state index contributed by atoms with van der Waals surface area (Å²) < 4.78 is 1.18. The molecule has 2 nitrogen and oxygen atoms in total. The molecule has 0 aromatic heterocycles. The van der Waals surface area contributed by atoms with E-state index in [9.17, 15) is 0 Å². The first-order valence-electron chi connectivity index (χ1n) is 6.87. The van der Waals surface area contributed by atoms with E-state index in [0.29, 0.717) is 0 Å². The maximum Gasteiger partial charge on any atom is 0.0340 e. The molecule has 0 fully saturated rings. The molecule has 106 valence electrons. The Balaban J connectivity index is 1.76. The first-order valence-corrected chi connectivity index (χ1v) is 7.67. The van der Waals surface area contributed by atoms with Crippen LogP contribution < -0.4 is 5.32 Å². The Labute approximate surface area is 129 Å². The molecule has 0 saturated heterocycles. The summed E-state index contributed by atoms with van der Waals surface area (Å²) >= 11 is 3.59. The molecule has 0 atom stereocenters. The lowest BCUT2D eigenvalue weighted by Crippen LogP contribution is -2.24. The molecule has 2 rings (SSSR count). The summed E-state index contributed by atoms with van der Waals surface area (Å²) in [5, 5.41) is 3.45. The largest absolute Gasteiger partial charge is 0.384 e. The van der Waals surface area contributed by atoms with Gasteiger partial charge < -0.3 is 10.2 Å². The van der Waals surface area contributed by atoms with Gasteiger partial charge in [-0.1, -0.05) is 51.8 Å². The van der Waals surface area contributed by atoms with E-state index in [-0.39, 0.29) is 0 Å². The number of likely N-dealkylation sites (N-methyl/N-ethyl adjacent to an activating group) is 1. The van der Waals surface area contributed by atoms with Crippen molar-refractivity contribution < 1.29 is 0 Å². The molecule has 1 N–H and O–H groups in total. The fourth-order valence-electron chi connectivity index (χ4n) is 2.06. The summed E-state index contributed by atoms with van der Waals surface area (Å²) in [6, 6.07) is 16.9. The summed E-state index contributed by atoms with van der Waals surface area (Å²) in [6.45, 7) is 5.02. The lowest BCUT2D eigenvalue weighted by Gasteiger charge is -2.18. The highest BCUT2D eigenvalue weighted by atomic mass is 79.9. The zero-order chi connectivity index (χ0) is 14.4. The van der Waals surface area contributed by atoms with Crippen molar-refractivity contribution in [3.8, 4) is 0 Å². The summed E-state index contributed by atoms with van der Waals surface area (Å²) in [7, 11) is 2.15.